The number of carbonyl (C=O) groups is 1. The molecule has 3 aromatic rings. The van der Waals surface area contributed by atoms with Crippen molar-refractivity contribution in [1.29, 1.82) is 0 Å². The number of imidazole rings is 1. The third-order valence-corrected chi connectivity index (χ3v) is 4.06. The number of hydrogen-bond acceptors (Lipinski definition) is 3. The smallest absolute Gasteiger partial charge is 0.186 e. The molecule has 20 heavy (non-hydrogen) atoms. The second-order valence-corrected chi connectivity index (χ2v) is 5.46. The summed E-state index contributed by atoms with van der Waals surface area (Å²) in [5.41, 5.74) is 4.62. The van der Waals surface area contributed by atoms with Crippen molar-refractivity contribution in [3.63, 3.8) is 0 Å². The van der Waals surface area contributed by atoms with Crippen molar-refractivity contribution >= 4 is 28.8 Å². The Bertz CT molecular complexity index is 797. The highest BCUT2D eigenvalue weighted by molar-refractivity contribution is 7.08. The predicted octanol–water partition coefficient (Wildman–Crippen LogP) is 3.91. The molecule has 0 saturated carbocycles. The zero-order valence-corrected chi connectivity index (χ0v) is 12.1. The van der Waals surface area contributed by atoms with Crippen LogP contribution < -0.4 is 0 Å². The first-order valence-electron chi connectivity index (χ1n) is 6.35. The number of aromatic nitrogens is 2. The Morgan fingerprint density at radius 1 is 1.35 bits per heavy atom. The number of carbonyl (C=O) groups excluding carboxylic acids is 1. The topological polar surface area (TPSA) is 34.4 Å². The first-order chi connectivity index (χ1) is 9.65. The second-order valence-electron chi connectivity index (χ2n) is 4.68. The van der Waals surface area contributed by atoms with Gasteiger partial charge in [-0.3, -0.25) is 4.79 Å². The molecule has 0 spiro atoms. The highest BCUT2D eigenvalue weighted by Crippen LogP contribution is 2.14. The minimum Gasteiger partial charge on any atom is -0.304 e. The van der Waals surface area contributed by atoms with Crippen LogP contribution in [0.15, 0.2) is 41.2 Å². The standard InChI is InChI=1S/C16H14N2OS/c1-11-12(2)18-7-5-14(9-16(18)17-11)15(19)4-3-13-6-8-20-10-13/h3-10H,1-2H3. The number of aryl methyl sites for hydroxylation is 2. The van der Waals surface area contributed by atoms with Gasteiger partial charge in [0, 0.05) is 17.5 Å². The molecule has 0 N–H and O–H groups in total. The number of ketones is 1. The van der Waals surface area contributed by atoms with Crippen molar-refractivity contribution in [3.8, 4) is 0 Å². The fraction of sp³-hybridized carbons (Fsp3) is 0.125. The Hall–Kier alpha value is -2.20. The maximum absolute atomic E-state index is 12.2. The zero-order chi connectivity index (χ0) is 14.1. The summed E-state index contributed by atoms with van der Waals surface area (Å²) in [4.78, 5) is 16.6. The number of fused-ring (bicyclic) bond motifs is 1. The average Bonchev–Trinajstić information content (AvgIpc) is 3.05. The first kappa shape index (κ1) is 12.8. The van der Waals surface area contributed by atoms with E-state index >= 15 is 0 Å². The Morgan fingerprint density at radius 2 is 2.20 bits per heavy atom. The fourth-order valence-electron chi connectivity index (χ4n) is 2.08. The maximum Gasteiger partial charge on any atom is 0.186 e. The van der Waals surface area contributed by atoms with Gasteiger partial charge in [-0.2, -0.15) is 11.3 Å². The van der Waals surface area contributed by atoms with E-state index in [9.17, 15) is 4.79 Å². The Labute approximate surface area is 121 Å². The summed E-state index contributed by atoms with van der Waals surface area (Å²) in [6, 6.07) is 5.65. The molecule has 100 valence electrons. The summed E-state index contributed by atoms with van der Waals surface area (Å²) >= 11 is 1.62. The summed E-state index contributed by atoms with van der Waals surface area (Å²) in [5.74, 6) is -0.00277. The van der Waals surface area contributed by atoms with Gasteiger partial charge < -0.3 is 4.40 Å². The molecule has 3 heterocycles. The molecular weight excluding hydrogens is 268 g/mol. The minimum atomic E-state index is -0.00277. The Balaban J connectivity index is 1.92. The largest absolute Gasteiger partial charge is 0.304 e. The van der Waals surface area contributed by atoms with E-state index in [1.165, 1.54) is 0 Å². The molecule has 0 fully saturated rings. The van der Waals surface area contributed by atoms with Crippen LogP contribution in [0.5, 0.6) is 0 Å². The van der Waals surface area contributed by atoms with Crippen LogP contribution in [-0.2, 0) is 0 Å². The van der Waals surface area contributed by atoms with Gasteiger partial charge in [-0.15, -0.1) is 0 Å². The molecule has 0 unspecified atom stereocenters. The molecule has 0 aromatic carbocycles. The lowest BCUT2D eigenvalue weighted by Gasteiger charge is -1.99. The second kappa shape index (κ2) is 5.06. The summed E-state index contributed by atoms with van der Waals surface area (Å²) in [5, 5.41) is 4.00. The average molecular weight is 282 g/mol. The van der Waals surface area contributed by atoms with Gasteiger partial charge in [0.1, 0.15) is 5.65 Å². The van der Waals surface area contributed by atoms with Crippen LogP contribution in [0.2, 0.25) is 0 Å². The lowest BCUT2D eigenvalue weighted by atomic mass is 10.1. The first-order valence-corrected chi connectivity index (χ1v) is 7.29. The molecule has 0 saturated heterocycles. The number of nitrogens with zero attached hydrogens (tertiary/aromatic N) is 2. The molecule has 4 heteroatoms. The Kier molecular flexibility index (Phi) is 3.24. The van der Waals surface area contributed by atoms with Gasteiger partial charge in [-0.05, 0) is 54.4 Å². The van der Waals surface area contributed by atoms with E-state index in [1.807, 2.05) is 59.5 Å². The fourth-order valence-corrected chi connectivity index (χ4v) is 2.70. The molecule has 0 aliphatic rings. The normalized spacial score (nSPS) is 11.5. The highest BCUT2D eigenvalue weighted by Gasteiger charge is 2.07. The van der Waals surface area contributed by atoms with E-state index in [0.717, 1.165) is 22.6 Å². The van der Waals surface area contributed by atoms with Crippen molar-refractivity contribution in [2.75, 3.05) is 0 Å². The molecule has 3 aromatic heterocycles. The molecular formula is C16H14N2OS. The molecule has 0 radical (unpaired) electrons. The third kappa shape index (κ3) is 2.30. The SMILES string of the molecule is Cc1nc2cc(C(=O)C=Cc3ccsc3)ccn2c1C. The van der Waals surface area contributed by atoms with Gasteiger partial charge in [0.05, 0.1) is 5.69 Å². The quantitative estimate of drug-likeness (QED) is 0.539. The summed E-state index contributed by atoms with van der Waals surface area (Å²) in [7, 11) is 0. The van der Waals surface area contributed by atoms with E-state index < -0.39 is 0 Å². The zero-order valence-electron chi connectivity index (χ0n) is 11.3. The number of thiophene rings is 1. The summed E-state index contributed by atoms with van der Waals surface area (Å²) in [6.07, 6.45) is 5.35. The lowest BCUT2D eigenvalue weighted by Crippen LogP contribution is -1.96. The molecule has 0 bridgehead atoms. The summed E-state index contributed by atoms with van der Waals surface area (Å²) in [6.45, 7) is 3.99. The van der Waals surface area contributed by atoms with E-state index in [4.69, 9.17) is 0 Å². The maximum atomic E-state index is 12.2. The molecule has 3 rings (SSSR count). The number of allylic oxidation sites excluding steroid dienone is 1. The van der Waals surface area contributed by atoms with Gasteiger partial charge in [-0.25, -0.2) is 4.98 Å². The predicted molar refractivity (Wildman–Crippen MR) is 82.3 cm³/mol. The number of rotatable bonds is 3. The minimum absolute atomic E-state index is 0.00277. The van der Waals surface area contributed by atoms with Crippen LogP contribution >= 0.6 is 11.3 Å². The van der Waals surface area contributed by atoms with Gasteiger partial charge >= 0.3 is 0 Å². The van der Waals surface area contributed by atoms with Gasteiger partial charge in [0.15, 0.2) is 5.78 Å². The Morgan fingerprint density at radius 3 is 2.95 bits per heavy atom. The van der Waals surface area contributed by atoms with Crippen LogP contribution in [0.3, 0.4) is 0 Å². The van der Waals surface area contributed by atoms with E-state index in [2.05, 4.69) is 4.98 Å². The number of hydrogen-bond donors (Lipinski definition) is 0. The van der Waals surface area contributed by atoms with Gasteiger partial charge in [-0.1, -0.05) is 6.08 Å². The van der Waals surface area contributed by atoms with Crippen molar-refractivity contribution in [2.24, 2.45) is 0 Å². The van der Waals surface area contributed by atoms with Crippen LogP contribution in [0.1, 0.15) is 27.3 Å². The van der Waals surface area contributed by atoms with Gasteiger partial charge in [0.25, 0.3) is 0 Å². The molecule has 0 atom stereocenters. The van der Waals surface area contributed by atoms with Gasteiger partial charge in [0.2, 0.25) is 0 Å². The summed E-state index contributed by atoms with van der Waals surface area (Å²) < 4.78 is 1.99. The van der Waals surface area contributed by atoms with Crippen LogP contribution in [-0.4, -0.2) is 15.2 Å². The lowest BCUT2D eigenvalue weighted by molar-refractivity contribution is 0.104. The van der Waals surface area contributed by atoms with Crippen LogP contribution in [0, 0.1) is 13.8 Å². The van der Waals surface area contributed by atoms with E-state index in [1.54, 1.807) is 17.4 Å². The monoisotopic (exact) mass is 282 g/mol. The highest BCUT2D eigenvalue weighted by atomic mass is 32.1. The molecule has 0 amide bonds. The van der Waals surface area contributed by atoms with E-state index in [0.29, 0.717) is 5.56 Å². The van der Waals surface area contributed by atoms with Crippen LogP contribution in [0.25, 0.3) is 11.7 Å². The van der Waals surface area contributed by atoms with E-state index in [-0.39, 0.29) is 5.78 Å². The molecule has 3 nitrogen and oxygen atoms in total. The van der Waals surface area contributed by atoms with Crippen LogP contribution in [0.4, 0.5) is 0 Å². The van der Waals surface area contributed by atoms with Crippen molar-refractivity contribution in [2.45, 2.75) is 13.8 Å². The number of pyridine rings is 1. The molecule has 0 aliphatic heterocycles. The van der Waals surface area contributed by atoms with Crippen molar-refractivity contribution in [3.05, 3.63) is 63.7 Å². The third-order valence-electron chi connectivity index (χ3n) is 3.36. The molecule has 0 aliphatic carbocycles. The van der Waals surface area contributed by atoms with Crippen molar-refractivity contribution in [1.82, 2.24) is 9.38 Å². The van der Waals surface area contributed by atoms with Crippen molar-refractivity contribution < 1.29 is 4.79 Å².